The van der Waals surface area contributed by atoms with Gasteiger partial charge in [0.2, 0.25) is 18.6 Å². The second-order valence-electron chi connectivity index (χ2n) is 9.33. The van der Waals surface area contributed by atoms with E-state index >= 15 is 0 Å². The van der Waals surface area contributed by atoms with E-state index in [1.807, 2.05) is 0 Å². The predicted octanol–water partition coefficient (Wildman–Crippen LogP) is 1.79. The van der Waals surface area contributed by atoms with Crippen molar-refractivity contribution in [1.29, 1.82) is 0 Å². The van der Waals surface area contributed by atoms with Crippen LogP contribution in [0.5, 0.6) is 23.1 Å². The molecule has 1 saturated heterocycles. The highest BCUT2D eigenvalue weighted by Gasteiger charge is 2.44. The SMILES string of the molecule is CCOC(=O)[C@H](C)N[P@](=O)(OC[C@H]1O[C@@H](n2cnc3c(OC)nc(N)nc32)[C@@H](C)[C@@H]1O)Oc1ccc2c(c1)OCO2. The number of aliphatic hydroxyl groups excluding tert-OH is 1. The number of aromatic nitrogens is 4. The Balaban J connectivity index is 1.35. The van der Waals surface area contributed by atoms with Gasteiger partial charge in [0, 0.05) is 12.0 Å². The van der Waals surface area contributed by atoms with E-state index < -0.39 is 44.1 Å². The minimum absolute atomic E-state index is 0.0226. The molecule has 0 amide bonds. The van der Waals surface area contributed by atoms with Crippen molar-refractivity contribution < 1.29 is 47.2 Å². The van der Waals surface area contributed by atoms with Crippen LogP contribution in [0.25, 0.3) is 11.2 Å². The minimum atomic E-state index is -4.25. The number of imidazole rings is 1. The number of carbonyl (C=O) groups excluding carboxylic acids is 1. The lowest BCUT2D eigenvalue weighted by molar-refractivity contribution is -0.144. The summed E-state index contributed by atoms with van der Waals surface area (Å²) in [4.78, 5) is 24.9. The molecule has 2 aliphatic heterocycles. The van der Waals surface area contributed by atoms with Crippen molar-refractivity contribution in [3.8, 4) is 23.1 Å². The van der Waals surface area contributed by atoms with Gasteiger partial charge in [0.15, 0.2) is 22.7 Å². The first kappa shape index (κ1) is 28.8. The van der Waals surface area contributed by atoms with Crippen LogP contribution in [0.4, 0.5) is 5.95 Å². The van der Waals surface area contributed by atoms with E-state index in [-0.39, 0.29) is 37.6 Å². The van der Waals surface area contributed by atoms with Crippen molar-refractivity contribution in [1.82, 2.24) is 24.6 Å². The maximum Gasteiger partial charge on any atom is 0.459 e. The van der Waals surface area contributed by atoms with E-state index in [1.54, 1.807) is 24.5 Å². The molecule has 2 aliphatic rings. The fourth-order valence-electron chi connectivity index (χ4n) is 4.47. The van der Waals surface area contributed by atoms with E-state index in [1.165, 1.54) is 32.5 Å². The molecule has 4 N–H and O–H groups in total. The van der Waals surface area contributed by atoms with Gasteiger partial charge >= 0.3 is 13.7 Å². The third kappa shape index (κ3) is 5.87. The molecule has 41 heavy (non-hydrogen) atoms. The summed E-state index contributed by atoms with van der Waals surface area (Å²) in [5.74, 6) is 0.0825. The molecule has 17 heteroatoms. The Labute approximate surface area is 234 Å². The molecule has 0 saturated carbocycles. The number of nitrogens with two attached hydrogens (primary N) is 1. The molecule has 1 aromatic carbocycles. The molecular weight excluding hydrogens is 563 g/mol. The summed E-state index contributed by atoms with van der Waals surface area (Å²) < 4.78 is 54.0. The number of rotatable bonds is 11. The Morgan fingerprint density at radius 1 is 1.32 bits per heavy atom. The Morgan fingerprint density at radius 2 is 2.10 bits per heavy atom. The van der Waals surface area contributed by atoms with Crippen LogP contribution in [-0.2, 0) is 23.4 Å². The van der Waals surface area contributed by atoms with Crippen LogP contribution in [0, 0.1) is 5.92 Å². The summed E-state index contributed by atoms with van der Waals surface area (Å²) in [7, 11) is -2.81. The summed E-state index contributed by atoms with van der Waals surface area (Å²) in [6, 6.07) is 3.55. The van der Waals surface area contributed by atoms with E-state index in [0.29, 0.717) is 22.7 Å². The number of carbonyl (C=O) groups is 1. The highest BCUT2D eigenvalue weighted by Crippen LogP contribution is 2.48. The number of hydrogen-bond donors (Lipinski definition) is 3. The third-order valence-corrected chi connectivity index (χ3v) is 8.17. The van der Waals surface area contributed by atoms with Gasteiger partial charge in [-0.2, -0.15) is 15.1 Å². The molecule has 0 aliphatic carbocycles. The summed E-state index contributed by atoms with van der Waals surface area (Å²) in [5, 5.41) is 13.6. The number of benzene rings is 1. The Kier molecular flexibility index (Phi) is 8.20. The summed E-state index contributed by atoms with van der Waals surface area (Å²) in [5.41, 5.74) is 6.55. The standard InChI is InChI=1S/C24H31N6O10P/c1-5-35-23(32)13(3)29-41(33,40-14-6-7-15-16(8-14)37-11-36-15)38-9-17-19(31)12(2)22(39-17)30-10-26-18-20(30)27-24(25)28-21(18)34-4/h6-8,10,12-13,17,19,22,31H,5,9,11H2,1-4H3,(H,29,33)(H2,25,27,28)/t12-,13-,17+,19-,22+,41-/m0/s1. The van der Waals surface area contributed by atoms with Gasteiger partial charge in [0.05, 0.1) is 32.8 Å². The minimum Gasteiger partial charge on any atom is -0.479 e. The van der Waals surface area contributed by atoms with Crippen molar-refractivity contribution in [2.75, 3.05) is 32.9 Å². The lowest BCUT2D eigenvalue weighted by Crippen LogP contribution is -2.36. The van der Waals surface area contributed by atoms with Crippen LogP contribution in [0.15, 0.2) is 24.5 Å². The van der Waals surface area contributed by atoms with Crippen LogP contribution in [0.2, 0.25) is 0 Å². The smallest absolute Gasteiger partial charge is 0.459 e. The summed E-state index contributed by atoms with van der Waals surface area (Å²) >= 11 is 0. The Morgan fingerprint density at radius 3 is 2.85 bits per heavy atom. The van der Waals surface area contributed by atoms with Crippen LogP contribution in [0.1, 0.15) is 27.0 Å². The van der Waals surface area contributed by atoms with Gasteiger partial charge < -0.3 is 39.0 Å². The molecular formula is C24H31N6O10P. The monoisotopic (exact) mass is 594 g/mol. The molecule has 2 aromatic heterocycles. The summed E-state index contributed by atoms with van der Waals surface area (Å²) in [6.07, 6.45) is -1.24. The highest BCUT2D eigenvalue weighted by molar-refractivity contribution is 7.52. The number of ether oxygens (including phenoxy) is 5. The first-order chi connectivity index (χ1) is 19.6. The molecule has 16 nitrogen and oxygen atoms in total. The number of hydrogen-bond acceptors (Lipinski definition) is 14. The average Bonchev–Trinajstić information content (AvgIpc) is 3.65. The number of anilines is 1. The second kappa shape index (κ2) is 11.7. The third-order valence-electron chi connectivity index (χ3n) is 6.53. The maximum atomic E-state index is 13.9. The molecule has 0 radical (unpaired) electrons. The molecule has 222 valence electrons. The number of fused-ring (bicyclic) bond motifs is 2. The van der Waals surface area contributed by atoms with Crippen LogP contribution >= 0.6 is 7.75 Å². The van der Waals surface area contributed by atoms with Crippen molar-refractivity contribution in [2.45, 2.75) is 45.2 Å². The largest absolute Gasteiger partial charge is 0.479 e. The number of aliphatic hydroxyl groups is 1. The number of nitrogens with zero attached hydrogens (tertiary/aromatic N) is 4. The zero-order chi connectivity index (χ0) is 29.3. The molecule has 0 spiro atoms. The van der Waals surface area contributed by atoms with Crippen molar-refractivity contribution in [3.63, 3.8) is 0 Å². The lowest BCUT2D eigenvalue weighted by Gasteiger charge is -2.24. The lowest BCUT2D eigenvalue weighted by atomic mass is 10.0. The van der Waals surface area contributed by atoms with E-state index in [0.717, 1.165) is 0 Å². The van der Waals surface area contributed by atoms with Crippen LogP contribution in [-0.4, -0.2) is 76.0 Å². The van der Waals surface area contributed by atoms with E-state index in [4.69, 9.17) is 38.5 Å². The van der Waals surface area contributed by atoms with E-state index in [2.05, 4.69) is 20.0 Å². The van der Waals surface area contributed by atoms with Gasteiger partial charge in [-0.15, -0.1) is 0 Å². The van der Waals surface area contributed by atoms with Gasteiger partial charge in [0.1, 0.15) is 24.1 Å². The topological polar surface area (TPSA) is 201 Å². The first-order valence-electron chi connectivity index (χ1n) is 12.8. The van der Waals surface area contributed by atoms with Crippen molar-refractivity contribution >= 4 is 30.8 Å². The molecule has 1 fully saturated rings. The second-order valence-corrected chi connectivity index (χ2v) is 11.0. The first-order valence-corrected chi connectivity index (χ1v) is 14.3. The van der Waals surface area contributed by atoms with Gasteiger partial charge in [-0.3, -0.25) is 13.9 Å². The van der Waals surface area contributed by atoms with Crippen LogP contribution < -0.4 is 29.6 Å². The molecule has 3 aromatic rings. The van der Waals surface area contributed by atoms with Gasteiger partial charge in [-0.1, -0.05) is 6.92 Å². The zero-order valence-electron chi connectivity index (χ0n) is 22.8. The van der Waals surface area contributed by atoms with Crippen molar-refractivity contribution in [3.05, 3.63) is 24.5 Å². The molecule has 5 rings (SSSR count). The maximum absolute atomic E-state index is 13.9. The predicted molar refractivity (Wildman–Crippen MR) is 141 cm³/mol. The normalized spacial score (nSPS) is 23.7. The molecule has 0 unspecified atom stereocenters. The molecule has 4 heterocycles. The molecule has 0 bridgehead atoms. The van der Waals surface area contributed by atoms with Gasteiger partial charge in [-0.25, -0.2) is 9.55 Å². The fourth-order valence-corrected chi connectivity index (χ4v) is 5.97. The zero-order valence-corrected chi connectivity index (χ0v) is 23.6. The quantitative estimate of drug-likeness (QED) is 0.214. The van der Waals surface area contributed by atoms with Crippen molar-refractivity contribution in [2.24, 2.45) is 5.92 Å². The summed E-state index contributed by atoms with van der Waals surface area (Å²) in [6.45, 7) is 4.69. The Hall–Kier alpha value is -3.69. The number of nitrogens with one attached hydrogen (secondary N) is 1. The number of methoxy groups -OCH3 is 1. The van der Waals surface area contributed by atoms with Crippen LogP contribution in [0.3, 0.4) is 0 Å². The van der Waals surface area contributed by atoms with Gasteiger partial charge in [0.25, 0.3) is 0 Å². The Bertz CT molecular complexity index is 1470. The number of esters is 1. The number of nitrogen functional groups attached to an aromatic ring is 1. The highest BCUT2D eigenvalue weighted by atomic mass is 31.2. The molecule has 6 atom stereocenters. The van der Waals surface area contributed by atoms with Gasteiger partial charge in [-0.05, 0) is 26.0 Å². The average molecular weight is 595 g/mol. The fraction of sp³-hybridized carbons (Fsp3) is 0.500. The van der Waals surface area contributed by atoms with E-state index in [9.17, 15) is 14.5 Å².